The second kappa shape index (κ2) is 6.12. The standard InChI is InChI=1S/C12H25NOS/c1-4-11(10-5-6-10)13-7-8-15-9-12(2,3)14/h10-11,13-14H,4-9H2,1-3H3. The van der Waals surface area contributed by atoms with Crippen molar-refractivity contribution in [1.82, 2.24) is 5.32 Å². The summed E-state index contributed by atoms with van der Waals surface area (Å²) in [6, 6.07) is 0.743. The van der Waals surface area contributed by atoms with E-state index in [1.165, 1.54) is 19.3 Å². The van der Waals surface area contributed by atoms with Crippen molar-refractivity contribution in [3.05, 3.63) is 0 Å². The van der Waals surface area contributed by atoms with Gasteiger partial charge in [-0.2, -0.15) is 11.8 Å². The third-order valence-electron chi connectivity index (χ3n) is 2.74. The minimum absolute atomic E-state index is 0.523. The van der Waals surface area contributed by atoms with E-state index in [0.717, 1.165) is 30.0 Å². The van der Waals surface area contributed by atoms with Gasteiger partial charge in [0.2, 0.25) is 0 Å². The van der Waals surface area contributed by atoms with Gasteiger partial charge in [-0.05, 0) is 39.0 Å². The van der Waals surface area contributed by atoms with Gasteiger partial charge in [0.25, 0.3) is 0 Å². The second-order valence-electron chi connectivity index (χ2n) is 5.17. The Kier molecular flexibility index (Phi) is 5.44. The lowest BCUT2D eigenvalue weighted by atomic mass is 10.1. The van der Waals surface area contributed by atoms with Gasteiger partial charge in [-0.15, -0.1) is 0 Å². The van der Waals surface area contributed by atoms with Gasteiger partial charge in [0.15, 0.2) is 0 Å². The summed E-state index contributed by atoms with van der Waals surface area (Å²) in [6.07, 6.45) is 4.09. The maximum atomic E-state index is 9.53. The highest BCUT2D eigenvalue weighted by atomic mass is 32.2. The Balaban J connectivity index is 1.96. The van der Waals surface area contributed by atoms with E-state index in [0.29, 0.717) is 0 Å². The van der Waals surface area contributed by atoms with Gasteiger partial charge in [-0.3, -0.25) is 0 Å². The molecular formula is C12H25NOS. The first-order valence-electron chi connectivity index (χ1n) is 6.06. The fourth-order valence-corrected chi connectivity index (χ4v) is 2.69. The third-order valence-corrected chi connectivity index (χ3v) is 4.14. The first kappa shape index (κ1) is 13.3. The number of hydrogen-bond acceptors (Lipinski definition) is 3. The molecule has 0 saturated heterocycles. The van der Waals surface area contributed by atoms with Gasteiger partial charge in [-0.25, -0.2) is 0 Å². The van der Waals surface area contributed by atoms with E-state index in [-0.39, 0.29) is 0 Å². The molecule has 2 N–H and O–H groups in total. The normalized spacial score (nSPS) is 19.2. The van der Waals surface area contributed by atoms with Crippen molar-refractivity contribution in [2.45, 2.75) is 51.7 Å². The molecule has 1 unspecified atom stereocenters. The van der Waals surface area contributed by atoms with Crippen LogP contribution >= 0.6 is 11.8 Å². The lowest BCUT2D eigenvalue weighted by Gasteiger charge is -2.18. The van der Waals surface area contributed by atoms with Crippen molar-refractivity contribution in [3.8, 4) is 0 Å². The quantitative estimate of drug-likeness (QED) is 0.629. The van der Waals surface area contributed by atoms with Gasteiger partial charge < -0.3 is 10.4 Å². The molecule has 2 nitrogen and oxygen atoms in total. The van der Waals surface area contributed by atoms with Gasteiger partial charge in [0.1, 0.15) is 0 Å². The van der Waals surface area contributed by atoms with E-state index in [2.05, 4.69) is 12.2 Å². The Morgan fingerprint density at radius 2 is 2.13 bits per heavy atom. The van der Waals surface area contributed by atoms with Crippen molar-refractivity contribution < 1.29 is 5.11 Å². The average Bonchev–Trinajstić information content (AvgIpc) is 2.92. The SMILES string of the molecule is CCC(NCCSCC(C)(C)O)C1CC1. The average molecular weight is 231 g/mol. The zero-order valence-corrected chi connectivity index (χ0v) is 11.1. The fourth-order valence-electron chi connectivity index (χ4n) is 1.78. The molecule has 0 aliphatic heterocycles. The Bertz CT molecular complexity index is 175. The number of rotatable bonds is 8. The summed E-state index contributed by atoms with van der Waals surface area (Å²) < 4.78 is 0. The molecule has 0 aromatic rings. The molecule has 1 saturated carbocycles. The smallest absolute Gasteiger partial charge is 0.0681 e. The number of thioether (sulfide) groups is 1. The molecule has 0 bridgehead atoms. The van der Waals surface area contributed by atoms with Crippen LogP contribution in [-0.2, 0) is 0 Å². The van der Waals surface area contributed by atoms with E-state index < -0.39 is 5.60 Å². The molecule has 1 aliphatic rings. The summed E-state index contributed by atoms with van der Waals surface area (Å²) in [5.41, 5.74) is -0.523. The van der Waals surface area contributed by atoms with Crippen LogP contribution in [0.4, 0.5) is 0 Å². The van der Waals surface area contributed by atoms with Crippen LogP contribution in [0.2, 0.25) is 0 Å². The number of aliphatic hydroxyl groups is 1. The van der Waals surface area contributed by atoms with Crippen LogP contribution < -0.4 is 5.32 Å². The van der Waals surface area contributed by atoms with Crippen molar-refractivity contribution in [2.75, 3.05) is 18.1 Å². The third kappa shape index (κ3) is 6.44. The topological polar surface area (TPSA) is 32.3 Å². The highest BCUT2D eigenvalue weighted by molar-refractivity contribution is 7.99. The van der Waals surface area contributed by atoms with Crippen LogP contribution in [0.1, 0.15) is 40.0 Å². The maximum Gasteiger partial charge on any atom is 0.0681 e. The Morgan fingerprint density at radius 1 is 1.47 bits per heavy atom. The molecule has 15 heavy (non-hydrogen) atoms. The second-order valence-corrected chi connectivity index (χ2v) is 6.28. The Hall–Kier alpha value is 0.270. The van der Waals surface area contributed by atoms with Gasteiger partial charge in [0, 0.05) is 24.1 Å². The predicted molar refractivity (Wildman–Crippen MR) is 68.4 cm³/mol. The fraction of sp³-hybridized carbons (Fsp3) is 1.00. The zero-order valence-electron chi connectivity index (χ0n) is 10.3. The summed E-state index contributed by atoms with van der Waals surface area (Å²) in [5.74, 6) is 2.89. The van der Waals surface area contributed by atoms with Crippen molar-refractivity contribution >= 4 is 11.8 Å². The molecule has 1 fully saturated rings. The summed E-state index contributed by atoms with van der Waals surface area (Å²) in [6.45, 7) is 7.08. The molecule has 0 heterocycles. The minimum atomic E-state index is -0.523. The highest BCUT2D eigenvalue weighted by Gasteiger charge is 2.29. The lowest BCUT2D eigenvalue weighted by molar-refractivity contribution is 0.107. The molecule has 3 heteroatoms. The van der Waals surface area contributed by atoms with Crippen LogP contribution in [-0.4, -0.2) is 34.8 Å². The molecule has 0 aromatic carbocycles. The molecule has 1 aliphatic carbocycles. The largest absolute Gasteiger partial charge is 0.390 e. The van der Waals surface area contributed by atoms with Crippen molar-refractivity contribution in [1.29, 1.82) is 0 Å². The van der Waals surface area contributed by atoms with E-state index >= 15 is 0 Å². The Labute approximate surface area is 98.2 Å². The predicted octanol–water partition coefficient (Wildman–Crippen LogP) is 2.27. The molecule has 1 rings (SSSR count). The first-order valence-corrected chi connectivity index (χ1v) is 7.22. The molecule has 0 amide bonds. The van der Waals surface area contributed by atoms with Crippen LogP contribution in [0.3, 0.4) is 0 Å². The van der Waals surface area contributed by atoms with Gasteiger partial charge in [-0.1, -0.05) is 6.92 Å². The van der Waals surface area contributed by atoms with E-state index in [1.54, 1.807) is 0 Å². The number of nitrogens with one attached hydrogen (secondary N) is 1. The summed E-state index contributed by atoms with van der Waals surface area (Å²) in [5, 5.41) is 13.1. The maximum absolute atomic E-state index is 9.53. The molecular weight excluding hydrogens is 206 g/mol. The van der Waals surface area contributed by atoms with Crippen LogP contribution in [0.15, 0.2) is 0 Å². The zero-order chi connectivity index (χ0) is 11.3. The first-order chi connectivity index (χ1) is 7.03. The Morgan fingerprint density at radius 3 is 2.60 bits per heavy atom. The summed E-state index contributed by atoms with van der Waals surface area (Å²) in [7, 11) is 0. The summed E-state index contributed by atoms with van der Waals surface area (Å²) >= 11 is 1.83. The summed E-state index contributed by atoms with van der Waals surface area (Å²) in [4.78, 5) is 0. The monoisotopic (exact) mass is 231 g/mol. The lowest BCUT2D eigenvalue weighted by Crippen LogP contribution is -2.32. The number of hydrogen-bond donors (Lipinski definition) is 2. The van der Waals surface area contributed by atoms with Crippen LogP contribution in [0.5, 0.6) is 0 Å². The van der Waals surface area contributed by atoms with Crippen LogP contribution in [0, 0.1) is 5.92 Å². The molecule has 1 atom stereocenters. The molecule has 0 aromatic heterocycles. The van der Waals surface area contributed by atoms with Crippen molar-refractivity contribution in [3.63, 3.8) is 0 Å². The van der Waals surface area contributed by atoms with E-state index in [4.69, 9.17) is 0 Å². The minimum Gasteiger partial charge on any atom is -0.390 e. The van der Waals surface area contributed by atoms with Gasteiger partial charge in [0.05, 0.1) is 5.60 Å². The van der Waals surface area contributed by atoms with E-state index in [9.17, 15) is 5.11 Å². The molecule has 0 spiro atoms. The molecule has 90 valence electrons. The van der Waals surface area contributed by atoms with Crippen molar-refractivity contribution in [2.24, 2.45) is 5.92 Å². The highest BCUT2D eigenvalue weighted by Crippen LogP contribution is 2.33. The van der Waals surface area contributed by atoms with Gasteiger partial charge >= 0.3 is 0 Å². The van der Waals surface area contributed by atoms with Crippen LogP contribution in [0.25, 0.3) is 0 Å². The van der Waals surface area contributed by atoms with E-state index in [1.807, 2.05) is 25.6 Å². The molecule has 0 radical (unpaired) electrons.